The molecule has 1 atom stereocenters. The number of nitrogens with zero attached hydrogens (tertiary/aromatic N) is 1. The van der Waals surface area contributed by atoms with Gasteiger partial charge in [0, 0.05) is 5.69 Å². The van der Waals surface area contributed by atoms with Crippen LogP contribution in [0, 0.1) is 6.92 Å². The van der Waals surface area contributed by atoms with E-state index in [1.54, 1.807) is 17.4 Å². The minimum Gasteiger partial charge on any atom is -0.346 e. The minimum absolute atomic E-state index is 0.117. The number of halogens is 3. The van der Waals surface area contributed by atoms with Crippen molar-refractivity contribution in [2.45, 2.75) is 26.1 Å². The zero-order valence-corrected chi connectivity index (χ0v) is 13.2. The molecule has 1 rings (SSSR count). The predicted molar refractivity (Wildman–Crippen MR) is 81.0 cm³/mol. The molecule has 0 aliphatic rings. The van der Waals surface area contributed by atoms with Crippen molar-refractivity contribution < 1.29 is 22.8 Å². The summed E-state index contributed by atoms with van der Waals surface area (Å²) < 4.78 is 36.2. The first-order valence-corrected chi connectivity index (χ1v) is 6.99. The molecule has 0 spiro atoms. The number of hydrogen-bond donors (Lipinski definition) is 2. The van der Waals surface area contributed by atoms with Crippen LogP contribution in [0.3, 0.4) is 0 Å². The molecule has 1 aromatic carbocycles. The van der Waals surface area contributed by atoms with Gasteiger partial charge in [0.1, 0.15) is 6.54 Å². The molecule has 0 heterocycles. The Hall–Kier alpha value is -2.09. The summed E-state index contributed by atoms with van der Waals surface area (Å²) >= 11 is 0. The molecule has 23 heavy (non-hydrogen) atoms. The van der Waals surface area contributed by atoms with E-state index in [0.29, 0.717) is 5.69 Å². The SMILES string of the molecule is Cc1ccc(NC(=O)CN(C)C(C)C(=O)NCC(F)(F)F)cc1. The van der Waals surface area contributed by atoms with Crippen molar-refractivity contribution >= 4 is 17.5 Å². The van der Waals surface area contributed by atoms with Crippen LogP contribution in [0.4, 0.5) is 18.9 Å². The molecule has 1 unspecified atom stereocenters. The molecule has 0 fully saturated rings. The number of amides is 2. The summed E-state index contributed by atoms with van der Waals surface area (Å²) in [5, 5.41) is 4.45. The van der Waals surface area contributed by atoms with Crippen LogP contribution in [0.25, 0.3) is 0 Å². The Bertz CT molecular complexity index is 544. The maximum Gasteiger partial charge on any atom is 0.405 e. The van der Waals surface area contributed by atoms with E-state index in [1.165, 1.54) is 18.9 Å². The zero-order chi connectivity index (χ0) is 17.6. The van der Waals surface area contributed by atoms with Crippen molar-refractivity contribution in [2.75, 3.05) is 25.5 Å². The summed E-state index contributed by atoms with van der Waals surface area (Å²) in [6.07, 6.45) is -4.46. The van der Waals surface area contributed by atoms with Crippen LogP contribution in [-0.4, -0.2) is 49.1 Å². The molecule has 8 heteroatoms. The number of anilines is 1. The number of benzene rings is 1. The number of rotatable bonds is 6. The normalized spacial score (nSPS) is 12.8. The zero-order valence-electron chi connectivity index (χ0n) is 13.2. The highest BCUT2D eigenvalue weighted by Crippen LogP contribution is 2.12. The highest BCUT2D eigenvalue weighted by molar-refractivity contribution is 5.92. The van der Waals surface area contributed by atoms with Gasteiger partial charge in [0.2, 0.25) is 11.8 Å². The number of alkyl halides is 3. The standard InChI is InChI=1S/C15H20F3N3O2/c1-10-4-6-12(7-5-10)20-13(22)8-21(3)11(2)14(23)19-9-15(16,17)18/h4-7,11H,8-9H2,1-3H3,(H,19,23)(H,20,22). The van der Waals surface area contributed by atoms with Crippen LogP contribution in [-0.2, 0) is 9.59 Å². The number of hydrogen-bond acceptors (Lipinski definition) is 3. The van der Waals surface area contributed by atoms with Gasteiger partial charge in [0.15, 0.2) is 0 Å². The summed E-state index contributed by atoms with van der Waals surface area (Å²) in [4.78, 5) is 24.9. The summed E-state index contributed by atoms with van der Waals surface area (Å²) in [6.45, 7) is 1.85. The van der Waals surface area contributed by atoms with Gasteiger partial charge in [-0.2, -0.15) is 13.2 Å². The molecular weight excluding hydrogens is 311 g/mol. The molecule has 0 saturated heterocycles. The maximum absolute atomic E-state index is 12.1. The molecule has 0 aromatic heterocycles. The fourth-order valence-corrected chi connectivity index (χ4v) is 1.74. The second-order valence-electron chi connectivity index (χ2n) is 5.34. The highest BCUT2D eigenvalue weighted by Gasteiger charge is 2.29. The van der Waals surface area contributed by atoms with E-state index in [4.69, 9.17) is 0 Å². The van der Waals surface area contributed by atoms with Crippen LogP contribution in [0.2, 0.25) is 0 Å². The van der Waals surface area contributed by atoms with Crippen molar-refractivity contribution in [1.29, 1.82) is 0 Å². The van der Waals surface area contributed by atoms with Crippen LogP contribution < -0.4 is 10.6 Å². The average Bonchev–Trinajstić information content (AvgIpc) is 2.45. The second-order valence-corrected chi connectivity index (χ2v) is 5.34. The lowest BCUT2D eigenvalue weighted by molar-refractivity contribution is -0.141. The molecule has 2 N–H and O–H groups in total. The molecule has 128 valence electrons. The van der Waals surface area contributed by atoms with Gasteiger partial charge in [0.05, 0.1) is 12.6 Å². The van der Waals surface area contributed by atoms with Gasteiger partial charge in [-0.1, -0.05) is 17.7 Å². The maximum atomic E-state index is 12.1. The molecule has 2 amide bonds. The number of aryl methyl sites for hydroxylation is 1. The van der Waals surface area contributed by atoms with Crippen molar-refractivity contribution in [2.24, 2.45) is 0 Å². The summed E-state index contributed by atoms with van der Waals surface area (Å²) in [5.41, 5.74) is 1.67. The van der Waals surface area contributed by atoms with Gasteiger partial charge in [-0.15, -0.1) is 0 Å². The van der Waals surface area contributed by atoms with E-state index in [1.807, 2.05) is 19.1 Å². The monoisotopic (exact) mass is 331 g/mol. The first kappa shape index (κ1) is 19.0. The average molecular weight is 331 g/mol. The predicted octanol–water partition coefficient (Wildman–Crippen LogP) is 1.93. The fraction of sp³-hybridized carbons (Fsp3) is 0.467. The molecule has 0 bridgehead atoms. The van der Waals surface area contributed by atoms with E-state index in [9.17, 15) is 22.8 Å². The van der Waals surface area contributed by atoms with E-state index in [-0.39, 0.29) is 12.5 Å². The van der Waals surface area contributed by atoms with Gasteiger partial charge >= 0.3 is 6.18 Å². The molecule has 1 aromatic rings. The largest absolute Gasteiger partial charge is 0.405 e. The Morgan fingerprint density at radius 1 is 1.22 bits per heavy atom. The Kier molecular flexibility index (Phi) is 6.56. The number of carbonyl (C=O) groups is 2. The van der Waals surface area contributed by atoms with Crippen LogP contribution in [0.5, 0.6) is 0 Å². The topological polar surface area (TPSA) is 61.4 Å². The third kappa shape index (κ3) is 7.14. The molecule has 0 radical (unpaired) electrons. The van der Waals surface area contributed by atoms with E-state index in [2.05, 4.69) is 5.32 Å². The van der Waals surface area contributed by atoms with E-state index < -0.39 is 24.7 Å². The van der Waals surface area contributed by atoms with Crippen molar-refractivity contribution in [3.05, 3.63) is 29.8 Å². The van der Waals surface area contributed by atoms with Gasteiger partial charge in [-0.05, 0) is 33.0 Å². The molecule has 0 aliphatic carbocycles. The van der Waals surface area contributed by atoms with Crippen molar-refractivity contribution in [1.82, 2.24) is 10.2 Å². The summed E-state index contributed by atoms with van der Waals surface area (Å²) in [6, 6.07) is 6.31. The minimum atomic E-state index is -4.46. The fourth-order valence-electron chi connectivity index (χ4n) is 1.74. The summed E-state index contributed by atoms with van der Waals surface area (Å²) in [7, 11) is 1.49. The van der Waals surface area contributed by atoms with Gasteiger partial charge < -0.3 is 10.6 Å². The number of nitrogens with one attached hydrogen (secondary N) is 2. The van der Waals surface area contributed by atoms with Gasteiger partial charge in [0.25, 0.3) is 0 Å². The lowest BCUT2D eigenvalue weighted by atomic mass is 10.2. The van der Waals surface area contributed by atoms with Crippen LogP contribution in [0.15, 0.2) is 24.3 Å². The lowest BCUT2D eigenvalue weighted by Gasteiger charge is -2.23. The van der Waals surface area contributed by atoms with E-state index >= 15 is 0 Å². The lowest BCUT2D eigenvalue weighted by Crippen LogP contribution is -2.47. The third-order valence-corrected chi connectivity index (χ3v) is 3.23. The van der Waals surface area contributed by atoms with Gasteiger partial charge in [-0.25, -0.2) is 0 Å². The number of carbonyl (C=O) groups excluding carboxylic acids is 2. The first-order chi connectivity index (χ1) is 10.6. The molecule has 0 saturated carbocycles. The molecule has 0 aliphatic heterocycles. The molecular formula is C15H20F3N3O2. The summed E-state index contributed by atoms with van der Waals surface area (Å²) in [5.74, 6) is -1.14. The Balaban J connectivity index is 2.47. The van der Waals surface area contributed by atoms with E-state index in [0.717, 1.165) is 5.56 Å². The Morgan fingerprint density at radius 2 is 1.78 bits per heavy atom. The quantitative estimate of drug-likeness (QED) is 0.837. The Morgan fingerprint density at radius 3 is 2.30 bits per heavy atom. The van der Waals surface area contributed by atoms with Crippen LogP contribution in [0.1, 0.15) is 12.5 Å². The van der Waals surface area contributed by atoms with Gasteiger partial charge in [-0.3, -0.25) is 14.5 Å². The third-order valence-electron chi connectivity index (χ3n) is 3.23. The molecule has 5 nitrogen and oxygen atoms in total. The Labute approximate surface area is 132 Å². The van der Waals surface area contributed by atoms with Crippen molar-refractivity contribution in [3.63, 3.8) is 0 Å². The smallest absolute Gasteiger partial charge is 0.346 e. The van der Waals surface area contributed by atoms with Crippen molar-refractivity contribution in [3.8, 4) is 0 Å². The second kappa shape index (κ2) is 7.96. The number of likely N-dealkylation sites (N-methyl/N-ethyl adjacent to an activating group) is 1. The van der Waals surface area contributed by atoms with Crippen LogP contribution >= 0.6 is 0 Å². The first-order valence-electron chi connectivity index (χ1n) is 6.99. The highest BCUT2D eigenvalue weighted by atomic mass is 19.4.